The first-order valence-electron chi connectivity index (χ1n) is 6.36. The molecule has 0 unspecified atom stereocenters. The van der Waals surface area contributed by atoms with E-state index in [1.54, 1.807) is 0 Å². The molecular weight excluding hydrogens is 240 g/mol. The molecule has 2 aromatic carbocycles. The predicted molar refractivity (Wildman–Crippen MR) is 80.5 cm³/mol. The molecule has 0 saturated heterocycles. The fourth-order valence-corrected chi connectivity index (χ4v) is 2.47. The van der Waals surface area contributed by atoms with Gasteiger partial charge in [0.15, 0.2) is 0 Å². The van der Waals surface area contributed by atoms with Crippen molar-refractivity contribution < 1.29 is 0 Å². The van der Waals surface area contributed by atoms with Gasteiger partial charge in [-0.25, -0.2) is 0 Å². The van der Waals surface area contributed by atoms with Gasteiger partial charge in [0, 0.05) is 10.6 Å². The van der Waals surface area contributed by atoms with Crippen molar-refractivity contribution in [2.24, 2.45) is 0 Å². The van der Waals surface area contributed by atoms with Crippen LogP contribution in [0.25, 0.3) is 11.1 Å². The maximum atomic E-state index is 6.36. The molecule has 0 heterocycles. The van der Waals surface area contributed by atoms with Gasteiger partial charge in [0.25, 0.3) is 0 Å². The second-order valence-electron chi connectivity index (χ2n) is 5.23. The van der Waals surface area contributed by atoms with Crippen molar-refractivity contribution >= 4 is 11.6 Å². The van der Waals surface area contributed by atoms with Gasteiger partial charge in [-0.2, -0.15) is 0 Å². The fourth-order valence-electron chi connectivity index (χ4n) is 2.25. The Balaban J connectivity index is 2.69. The summed E-state index contributed by atoms with van der Waals surface area (Å²) in [6.45, 7) is 8.66. The molecule has 1 heteroatoms. The van der Waals surface area contributed by atoms with Crippen molar-refractivity contribution in [1.82, 2.24) is 0 Å². The van der Waals surface area contributed by atoms with Crippen molar-refractivity contribution in [2.75, 3.05) is 0 Å². The molecule has 94 valence electrons. The second kappa shape index (κ2) is 5.16. The van der Waals surface area contributed by atoms with Crippen LogP contribution in [0, 0.1) is 13.8 Å². The number of aryl methyl sites for hydroxylation is 2. The Morgan fingerprint density at radius 1 is 0.833 bits per heavy atom. The zero-order valence-electron chi connectivity index (χ0n) is 11.4. The summed E-state index contributed by atoms with van der Waals surface area (Å²) in [6, 6.07) is 12.8. The van der Waals surface area contributed by atoms with Gasteiger partial charge in [-0.1, -0.05) is 60.8 Å². The Kier molecular flexibility index (Phi) is 3.77. The van der Waals surface area contributed by atoms with E-state index < -0.39 is 0 Å². The molecule has 0 radical (unpaired) electrons. The van der Waals surface area contributed by atoms with Crippen LogP contribution in [0.2, 0.25) is 5.02 Å². The van der Waals surface area contributed by atoms with Crippen LogP contribution >= 0.6 is 11.6 Å². The summed E-state index contributed by atoms with van der Waals surface area (Å²) in [4.78, 5) is 0. The molecule has 0 atom stereocenters. The lowest BCUT2D eigenvalue weighted by atomic mass is 9.90. The number of hydrogen-bond acceptors (Lipinski definition) is 0. The van der Waals surface area contributed by atoms with E-state index >= 15 is 0 Å². The number of hydrogen-bond donors (Lipinski definition) is 0. The molecule has 0 spiro atoms. The largest absolute Gasteiger partial charge is 0.0837 e. The lowest BCUT2D eigenvalue weighted by Crippen LogP contribution is -1.94. The molecule has 0 amide bonds. The van der Waals surface area contributed by atoms with Crippen LogP contribution in [-0.4, -0.2) is 0 Å². The van der Waals surface area contributed by atoms with E-state index in [0.717, 1.165) is 10.6 Å². The van der Waals surface area contributed by atoms with E-state index in [-0.39, 0.29) is 0 Å². The Bertz CT molecular complexity index is 568. The van der Waals surface area contributed by atoms with Gasteiger partial charge in [-0.05, 0) is 43.0 Å². The molecule has 2 rings (SSSR count). The monoisotopic (exact) mass is 258 g/mol. The van der Waals surface area contributed by atoms with E-state index in [9.17, 15) is 0 Å². The SMILES string of the molecule is Cc1ccc(Cl)c(-c2cc(C)ccc2C(C)C)c1. The van der Waals surface area contributed by atoms with Crippen LogP contribution in [0.3, 0.4) is 0 Å². The molecular formula is C17H19Cl. The number of halogens is 1. The Morgan fingerprint density at radius 3 is 2.00 bits per heavy atom. The van der Waals surface area contributed by atoms with Crippen molar-refractivity contribution in [3.05, 3.63) is 58.1 Å². The third-order valence-corrected chi connectivity index (χ3v) is 3.57. The quantitative estimate of drug-likeness (QED) is 0.644. The summed E-state index contributed by atoms with van der Waals surface area (Å²) < 4.78 is 0. The summed E-state index contributed by atoms with van der Waals surface area (Å²) in [6.07, 6.45) is 0. The highest BCUT2D eigenvalue weighted by atomic mass is 35.5. The minimum Gasteiger partial charge on any atom is -0.0837 e. The van der Waals surface area contributed by atoms with Crippen LogP contribution in [0.15, 0.2) is 36.4 Å². The maximum Gasteiger partial charge on any atom is 0.0484 e. The van der Waals surface area contributed by atoms with Gasteiger partial charge >= 0.3 is 0 Å². The third kappa shape index (κ3) is 2.59. The zero-order chi connectivity index (χ0) is 13.3. The van der Waals surface area contributed by atoms with Crippen LogP contribution < -0.4 is 0 Å². The van der Waals surface area contributed by atoms with Crippen molar-refractivity contribution in [3.63, 3.8) is 0 Å². The molecule has 0 bridgehead atoms. The number of benzene rings is 2. The third-order valence-electron chi connectivity index (χ3n) is 3.24. The van der Waals surface area contributed by atoms with Gasteiger partial charge in [0.2, 0.25) is 0 Å². The normalized spacial score (nSPS) is 11.0. The van der Waals surface area contributed by atoms with E-state index in [1.807, 2.05) is 6.07 Å². The standard InChI is InChI=1S/C17H19Cl/c1-11(2)14-7-5-12(3)9-15(14)16-10-13(4)6-8-17(16)18/h5-11H,1-4H3. The highest BCUT2D eigenvalue weighted by Gasteiger charge is 2.11. The highest BCUT2D eigenvalue weighted by molar-refractivity contribution is 6.33. The molecule has 18 heavy (non-hydrogen) atoms. The lowest BCUT2D eigenvalue weighted by molar-refractivity contribution is 0.868. The summed E-state index contributed by atoms with van der Waals surface area (Å²) >= 11 is 6.36. The molecule has 2 aromatic rings. The van der Waals surface area contributed by atoms with E-state index in [0.29, 0.717) is 5.92 Å². The first-order chi connectivity index (χ1) is 8.49. The first kappa shape index (κ1) is 13.2. The van der Waals surface area contributed by atoms with Crippen molar-refractivity contribution in [1.29, 1.82) is 0 Å². The smallest absolute Gasteiger partial charge is 0.0484 e. The Labute approximate surface area is 115 Å². The first-order valence-corrected chi connectivity index (χ1v) is 6.74. The van der Waals surface area contributed by atoms with Gasteiger partial charge in [-0.15, -0.1) is 0 Å². The minimum absolute atomic E-state index is 0.497. The number of rotatable bonds is 2. The zero-order valence-corrected chi connectivity index (χ0v) is 12.2. The molecule has 0 aliphatic heterocycles. The van der Waals surface area contributed by atoms with Crippen molar-refractivity contribution in [2.45, 2.75) is 33.6 Å². The average Bonchev–Trinajstić information content (AvgIpc) is 2.31. The molecule has 0 aliphatic carbocycles. The van der Waals surface area contributed by atoms with E-state index in [2.05, 4.69) is 58.0 Å². The molecule has 0 fully saturated rings. The Hall–Kier alpha value is -1.27. The molecule has 0 saturated carbocycles. The van der Waals surface area contributed by atoms with Crippen LogP contribution in [0.4, 0.5) is 0 Å². The van der Waals surface area contributed by atoms with Crippen molar-refractivity contribution in [3.8, 4) is 11.1 Å². The maximum absolute atomic E-state index is 6.36. The molecule has 0 nitrogen and oxygen atoms in total. The van der Waals surface area contributed by atoms with Gasteiger partial charge < -0.3 is 0 Å². The van der Waals surface area contributed by atoms with Gasteiger partial charge in [0.05, 0.1) is 0 Å². The highest BCUT2D eigenvalue weighted by Crippen LogP contribution is 2.35. The minimum atomic E-state index is 0.497. The predicted octanol–water partition coefficient (Wildman–Crippen LogP) is 5.75. The van der Waals surface area contributed by atoms with E-state index in [4.69, 9.17) is 11.6 Å². The molecule has 0 aromatic heterocycles. The van der Waals surface area contributed by atoms with Crippen LogP contribution in [0.1, 0.15) is 36.5 Å². The average molecular weight is 259 g/mol. The second-order valence-corrected chi connectivity index (χ2v) is 5.64. The fraction of sp³-hybridized carbons (Fsp3) is 0.294. The Morgan fingerprint density at radius 2 is 1.39 bits per heavy atom. The summed E-state index contributed by atoms with van der Waals surface area (Å²) in [7, 11) is 0. The van der Waals surface area contributed by atoms with Gasteiger partial charge in [-0.3, -0.25) is 0 Å². The summed E-state index contributed by atoms with van der Waals surface area (Å²) in [5.41, 5.74) is 6.27. The summed E-state index contributed by atoms with van der Waals surface area (Å²) in [5.74, 6) is 0.497. The molecule has 0 N–H and O–H groups in total. The lowest BCUT2D eigenvalue weighted by Gasteiger charge is -2.15. The van der Waals surface area contributed by atoms with Crippen LogP contribution in [-0.2, 0) is 0 Å². The van der Waals surface area contributed by atoms with Gasteiger partial charge in [0.1, 0.15) is 0 Å². The van der Waals surface area contributed by atoms with Crippen LogP contribution in [0.5, 0.6) is 0 Å². The summed E-state index contributed by atoms with van der Waals surface area (Å²) in [5, 5.41) is 0.827. The van der Waals surface area contributed by atoms with E-state index in [1.165, 1.54) is 22.3 Å². The topological polar surface area (TPSA) is 0 Å². The molecule has 0 aliphatic rings.